The van der Waals surface area contributed by atoms with Crippen LogP contribution in [0.1, 0.15) is 31.2 Å². The Bertz CT molecular complexity index is 417. The Kier molecular flexibility index (Phi) is 6.22. The summed E-state index contributed by atoms with van der Waals surface area (Å²) in [4.78, 5) is 12.8. The monoisotopic (exact) mass is 229 g/mol. The van der Waals surface area contributed by atoms with Crippen molar-refractivity contribution in [2.45, 2.75) is 25.7 Å². The lowest BCUT2D eigenvalue weighted by atomic mass is 10.1. The molecule has 0 saturated carbocycles. The van der Waals surface area contributed by atoms with Crippen molar-refractivity contribution in [2.75, 3.05) is 0 Å². The summed E-state index contributed by atoms with van der Waals surface area (Å²) in [5, 5.41) is 3.50. The molecule has 0 aliphatic rings. The number of benzene rings is 1. The highest BCUT2D eigenvalue weighted by Gasteiger charge is 1.89. The first kappa shape index (κ1) is 13.0. The van der Waals surface area contributed by atoms with Gasteiger partial charge in [0.05, 0.1) is 0 Å². The summed E-state index contributed by atoms with van der Waals surface area (Å²) in [6.07, 6.45) is 8.68. The number of nitrogens with zero attached hydrogens (tertiary/aromatic N) is 3. The molecular weight excluding hydrogens is 214 g/mol. The molecule has 4 nitrogen and oxygen atoms in total. The molecule has 4 heteroatoms. The first-order valence-corrected chi connectivity index (χ1v) is 5.62. The maximum atomic E-state index is 10.1. The second-order valence-electron chi connectivity index (χ2n) is 3.63. The van der Waals surface area contributed by atoms with Gasteiger partial charge in [-0.15, -0.1) is 0 Å². The number of unbranched alkanes of at least 4 members (excludes halogenated alkanes) is 3. The highest BCUT2D eigenvalue weighted by atomic mass is 16.1. The molecule has 0 spiro atoms. The molecule has 0 bridgehead atoms. The highest BCUT2D eigenvalue weighted by molar-refractivity contribution is 5.53. The van der Waals surface area contributed by atoms with Gasteiger partial charge in [0, 0.05) is 17.0 Å². The van der Waals surface area contributed by atoms with Gasteiger partial charge in [-0.25, -0.2) is 0 Å². The van der Waals surface area contributed by atoms with E-state index in [9.17, 15) is 4.79 Å². The molecule has 0 saturated heterocycles. The molecule has 0 aliphatic carbocycles. The van der Waals surface area contributed by atoms with Gasteiger partial charge in [-0.3, -0.25) is 0 Å². The Balaban J connectivity index is 2.37. The van der Waals surface area contributed by atoms with E-state index in [1.165, 1.54) is 0 Å². The van der Waals surface area contributed by atoms with Crippen molar-refractivity contribution in [3.05, 3.63) is 46.3 Å². The molecule has 88 valence electrons. The van der Waals surface area contributed by atoms with Crippen LogP contribution in [0.5, 0.6) is 0 Å². The summed E-state index contributed by atoms with van der Waals surface area (Å²) >= 11 is 0. The Morgan fingerprint density at radius 3 is 2.53 bits per heavy atom. The summed E-state index contributed by atoms with van der Waals surface area (Å²) in [6, 6.07) is 7.38. The minimum atomic E-state index is 0.621. The molecule has 0 heterocycles. The number of allylic oxidation sites excluding steroid dienone is 1. The Morgan fingerprint density at radius 1 is 1.18 bits per heavy atom. The lowest BCUT2D eigenvalue weighted by Crippen LogP contribution is -1.76. The SMILES string of the molecule is [N-]=[N+]=Nc1ccc(C=CCCCCC=O)cc1. The number of rotatable bonds is 7. The van der Waals surface area contributed by atoms with Crippen LogP contribution >= 0.6 is 0 Å². The van der Waals surface area contributed by atoms with Crippen LogP contribution in [0, 0.1) is 0 Å². The van der Waals surface area contributed by atoms with E-state index in [2.05, 4.69) is 16.1 Å². The van der Waals surface area contributed by atoms with Crippen LogP contribution in [0.15, 0.2) is 35.5 Å². The molecule has 0 aliphatic heterocycles. The van der Waals surface area contributed by atoms with Crippen molar-refractivity contribution in [3.63, 3.8) is 0 Å². The van der Waals surface area contributed by atoms with Gasteiger partial charge >= 0.3 is 0 Å². The van der Waals surface area contributed by atoms with E-state index in [-0.39, 0.29) is 0 Å². The fourth-order valence-corrected chi connectivity index (χ4v) is 1.41. The minimum absolute atomic E-state index is 0.621. The normalized spacial score (nSPS) is 10.1. The third-order valence-electron chi connectivity index (χ3n) is 2.31. The first-order chi connectivity index (χ1) is 8.36. The van der Waals surface area contributed by atoms with E-state index >= 15 is 0 Å². The van der Waals surface area contributed by atoms with E-state index in [1.54, 1.807) is 12.1 Å². The second kappa shape index (κ2) is 8.13. The van der Waals surface area contributed by atoms with Crippen molar-refractivity contribution >= 4 is 18.0 Å². The van der Waals surface area contributed by atoms with Crippen molar-refractivity contribution < 1.29 is 4.79 Å². The van der Waals surface area contributed by atoms with Gasteiger partial charge in [-0.1, -0.05) is 41.5 Å². The van der Waals surface area contributed by atoms with Gasteiger partial charge < -0.3 is 4.79 Å². The third-order valence-corrected chi connectivity index (χ3v) is 2.31. The summed E-state index contributed by atoms with van der Waals surface area (Å²) in [6.45, 7) is 0. The molecule has 0 N–H and O–H groups in total. The summed E-state index contributed by atoms with van der Waals surface area (Å²) < 4.78 is 0. The molecule has 1 aromatic carbocycles. The zero-order chi connectivity index (χ0) is 12.3. The number of hydrogen-bond donors (Lipinski definition) is 0. The molecule has 0 atom stereocenters. The van der Waals surface area contributed by atoms with E-state index in [1.807, 2.05) is 18.2 Å². The van der Waals surface area contributed by atoms with E-state index in [0.29, 0.717) is 12.1 Å². The van der Waals surface area contributed by atoms with E-state index in [4.69, 9.17) is 5.53 Å². The van der Waals surface area contributed by atoms with Crippen molar-refractivity contribution in [3.8, 4) is 0 Å². The number of azide groups is 1. The maximum absolute atomic E-state index is 10.1. The quantitative estimate of drug-likeness (QED) is 0.224. The largest absolute Gasteiger partial charge is 0.303 e. The van der Waals surface area contributed by atoms with Crippen LogP contribution in [-0.4, -0.2) is 6.29 Å². The summed E-state index contributed by atoms with van der Waals surface area (Å²) in [5.74, 6) is 0. The van der Waals surface area contributed by atoms with Gasteiger partial charge in [0.15, 0.2) is 0 Å². The molecule has 1 rings (SSSR count). The Morgan fingerprint density at radius 2 is 1.88 bits per heavy atom. The predicted octanol–water partition coefficient (Wildman–Crippen LogP) is 4.40. The second-order valence-corrected chi connectivity index (χ2v) is 3.63. The fourth-order valence-electron chi connectivity index (χ4n) is 1.41. The zero-order valence-electron chi connectivity index (χ0n) is 9.62. The Hall–Kier alpha value is -2.06. The van der Waals surface area contributed by atoms with Crippen molar-refractivity contribution in [1.29, 1.82) is 0 Å². The van der Waals surface area contributed by atoms with Crippen LogP contribution in [0.4, 0.5) is 5.69 Å². The van der Waals surface area contributed by atoms with Gasteiger partial charge in [-0.2, -0.15) is 0 Å². The number of hydrogen-bond acceptors (Lipinski definition) is 2. The van der Waals surface area contributed by atoms with Crippen molar-refractivity contribution in [1.82, 2.24) is 0 Å². The molecule has 0 aromatic heterocycles. The van der Waals surface area contributed by atoms with Gasteiger partial charge in [0.1, 0.15) is 6.29 Å². The van der Waals surface area contributed by atoms with Gasteiger partial charge in [0.25, 0.3) is 0 Å². The van der Waals surface area contributed by atoms with Crippen LogP contribution in [-0.2, 0) is 4.79 Å². The number of aldehydes is 1. The molecule has 0 radical (unpaired) electrons. The fraction of sp³-hybridized carbons (Fsp3) is 0.308. The zero-order valence-corrected chi connectivity index (χ0v) is 9.62. The highest BCUT2D eigenvalue weighted by Crippen LogP contribution is 2.14. The summed E-state index contributed by atoms with van der Waals surface area (Å²) in [5.41, 5.74) is 9.95. The summed E-state index contributed by atoms with van der Waals surface area (Å²) in [7, 11) is 0. The first-order valence-electron chi connectivity index (χ1n) is 5.62. The third kappa shape index (κ3) is 5.54. The maximum Gasteiger partial charge on any atom is 0.119 e. The smallest absolute Gasteiger partial charge is 0.119 e. The minimum Gasteiger partial charge on any atom is -0.303 e. The topological polar surface area (TPSA) is 65.8 Å². The molecule has 1 aromatic rings. The van der Waals surface area contributed by atoms with Crippen LogP contribution in [0.3, 0.4) is 0 Å². The van der Waals surface area contributed by atoms with E-state index < -0.39 is 0 Å². The molecule has 0 amide bonds. The van der Waals surface area contributed by atoms with Crippen LogP contribution in [0.25, 0.3) is 16.5 Å². The molecular formula is C13H15N3O. The average Bonchev–Trinajstić information content (AvgIpc) is 2.36. The average molecular weight is 229 g/mol. The van der Waals surface area contributed by atoms with Crippen LogP contribution in [0.2, 0.25) is 0 Å². The number of carbonyl (C=O) groups excluding carboxylic acids is 1. The van der Waals surface area contributed by atoms with E-state index in [0.717, 1.165) is 31.1 Å². The van der Waals surface area contributed by atoms with Gasteiger partial charge in [0.2, 0.25) is 0 Å². The van der Waals surface area contributed by atoms with Crippen molar-refractivity contribution in [2.24, 2.45) is 5.11 Å². The lowest BCUT2D eigenvalue weighted by molar-refractivity contribution is -0.107. The van der Waals surface area contributed by atoms with Crippen LogP contribution < -0.4 is 0 Å². The standard InChI is InChI=1S/C13H15N3O/c14-16-15-13-9-7-12(8-10-13)6-4-2-1-3-5-11-17/h4,6-11H,1-3,5H2. The molecule has 0 fully saturated rings. The molecule has 17 heavy (non-hydrogen) atoms. The molecule has 0 unspecified atom stereocenters. The number of carbonyl (C=O) groups is 1. The Labute approximate surface area is 101 Å². The lowest BCUT2D eigenvalue weighted by Gasteiger charge is -1.95. The predicted molar refractivity (Wildman–Crippen MR) is 68.8 cm³/mol. The van der Waals surface area contributed by atoms with Gasteiger partial charge in [-0.05, 0) is 30.4 Å².